The number of ether oxygens (including phenoxy) is 1. The monoisotopic (exact) mass is 588 g/mol. The summed E-state index contributed by atoms with van der Waals surface area (Å²) in [5.74, 6) is -3.15. The number of nitrogens with zero attached hydrogens (tertiary/aromatic N) is 2. The zero-order chi connectivity index (χ0) is 29.4. The van der Waals surface area contributed by atoms with Gasteiger partial charge in [0.15, 0.2) is 0 Å². The summed E-state index contributed by atoms with van der Waals surface area (Å²) in [4.78, 5) is 56.8. The lowest BCUT2D eigenvalue weighted by molar-refractivity contribution is -0.139. The van der Waals surface area contributed by atoms with Crippen LogP contribution in [0.5, 0.6) is 5.75 Å². The van der Waals surface area contributed by atoms with Gasteiger partial charge in [0, 0.05) is 30.9 Å². The van der Waals surface area contributed by atoms with Crippen LogP contribution in [0.15, 0.2) is 97.1 Å². The number of imide groups is 1. The number of carbonyl (C=O) groups is 4. The summed E-state index contributed by atoms with van der Waals surface area (Å²) < 4.78 is 5.71. The van der Waals surface area contributed by atoms with E-state index >= 15 is 0 Å². The van der Waals surface area contributed by atoms with E-state index in [2.05, 4.69) is 24.3 Å². The Kier molecular flexibility index (Phi) is 5.81. The minimum Gasteiger partial charge on any atom is -0.426 e. The second-order valence-corrected chi connectivity index (χ2v) is 12.0. The minimum atomic E-state index is -0.682. The van der Waals surface area contributed by atoms with Crippen LogP contribution in [0.1, 0.15) is 40.5 Å². The van der Waals surface area contributed by atoms with Crippen LogP contribution in [0.2, 0.25) is 5.02 Å². The molecule has 2 saturated heterocycles. The highest BCUT2D eigenvalue weighted by atomic mass is 35.5. The van der Waals surface area contributed by atoms with Crippen LogP contribution in [0.25, 0.3) is 0 Å². The Morgan fingerprint density at radius 2 is 1.28 bits per heavy atom. The number of hydrogen-bond donors (Lipinski definition) is 0. The Morgan fingerprint density at radius 1 is 0.721 bits per heavy atom. The molecule has 5 aliphatic rings. The lowest BCUT2D eigenvalue weighted by atomic mass is 9.55. The number of halogens is 1. The molecule has 2 aliphatic heterocycles. The smallest absolute Gasteiger partial charge is 0.316 e. The topological polar surface area (TPSA) is 84.0 Å². The van der Waals surface area contributed by atoms with E-state index in [1.165, 1.54) is 9.80 Å². The van der Waals surface area contributed by atoms with Crippen molar-refractivity contribution in [2.45, 2.75) is 18.3 Å². The molecule has 3 amide bonds. The Hall–Kier alpha value is -4.75. The van der Waals surface area contributed by atoms with Gasteiger partial charge in [-0.3, -0.25) is 19.2 Å². The average molecular weight is 589 g/mol. The van der Waals surface area contributed by atoms with Crippen LogP contribution in [0.4, 0.5) is 11.4 Å². The first-order valence-corrected chi connectivity index (χ1v) is 14.7. The fraction of sp³-hybridized carbons (Fsp3) is 0.200. The molecule has 0 spiro atoms. The van der Waals surface area contributed by atoms with Gasteiger partial charge < -0.3 is 9.64 Å². The van der Waals surface area contributed by atoms with Crippen LogP contribution >= 0.6 is 11.6 Å². The standard InChI is InChI=1S/C35H25ClN2O5/c36-26-14-5-6-15-27(26)37-18-19(16-28(37)39)35(42)43-21-9-7-8-20(17-21)38-33(40)31-29-22-10-1-2-11-23(22)30(32(31)34(38)41)25-13-4-3-12-24(25)29/h1-15,17,19,29-32H,16,18H2/t19-,29?,30?,31-,32+/m0/s1. The van der Waals surface area contributed by atoms with E-state index in [9.17, 15) is 19.2 Å². The van der Waals surface area contributed by atoms with Crippen LogP contribution in [0, 0.1) is 17.8 Å². The molecule has 4 aromatic rings. The Labute approximate surface area is 252 Å². The highest BCUT2D eigenvalue weighted by Gasteiger charge is 2.61. The van der Waals surface area contributed by atoms with Crippen molar-refractivity contribution in [2.24, 2.45) is 17.8 Å². The van der Waals surface area contributed by atoms with Crippen molar-refractivity contribution in [3.8, 4) is 5.75 Å². The summed E-state index contributed by atoms with van der Waals surface area (Å²) in [6, 6.07) is 29.7. The maximum atomic E-state index is 14.1. The summed E-state index contributed by atoms with van der Waals surface area (Å²) in [5.41, 5.74) is 5.34. The summed E-state index contributed by atoms with van der Waals surface area (Å²) >= 11 is 6.28. The van der Waals surface area contributed by atoms with Crippen molar-refractivity contribution in [1.29, 1.82) is 0 Å². The second kappa shape index (κ2) is 9.64. The predicted molar refractivity (Wildman–Crippen MR) is 160 cm³/mol. The predicted octanol–water partition coefficient (Wildman–Crippen LogP) is 5.70. The lowest BCUT2D eigenvalue weighted by Gasteiger charge is -2.45. The molecule has 43 heavy (non-hydrogen) atoms. The van der Waals surface area contributed by atoms with Gasteiger partial charge in [0.1, 0.15) is 5.75 Å². The Balaban J connectivity index is 1.06. The number of para-hydroxylation sites is 1. The van der Waals surface area contributed by atoms with Crippen molar-refractivity contribution in [1.82, 2.24) is 0 Å². The molecule has 8 heteroatoms. The minimum absolute atomic E-state index is 0.0000988. The summed E-state index contributed by atoms with van der Waals surface area (Å²) in [7, 11) is 0. The first kappa shape index (κ1) is 25.9. The highest BCUT2D eigenvalue weighted by molar-refractivity contribution is 6.34. The van der Waals surface area contributed by atoms with Crippen molar-refractivity contribution in [2.75, 3.05) is 16.3 Å². The first-order chi connectivity index (χ1) is 20.9. The zero-order valence-corrected chi connectivity index (χ0v) is 23.6. The molecule has 2 fully saturated rings. The van der Waals surface area contributed by atoms with Gasteiger partial charge in [-0.1, -0.05) is 78.3 Å². The van der Waals surface area contributed by atoms with Crippen molar-refractivity contribution in [3.05, 3.63) is 124 Å². The van der Waals surface area contributed by atoms with Crippen LogP contribution in [-0.2, 0) is 19.2 Å². The Morgan fingerprint density at radius 3 is 1.86 bits per heavy atom. The fourth-order valence-corrected chi connectivity index (χ4v) is 7.82. The molecule has 0 N–H and O–H groups in total. The van der Waals surface area contributed by atoms with Gasteiger partial charge >= 0.3 is 5.97 Å². The molecule has 0 radical (unpaired) electrons. The normalized spacial score (nSPS) is 25.0. The average Bonchev–Trinajstić information content (AvgIpc) is 3.54. The lowest BCUT2D eigenvalue weighted by Crippen LogP contribution is -2.41. The molecular weight excluding hydrogens is 564 g/mol. The number of carbonyl (C=O) groups excluding carboxylic acids is 4. The van der Waals surface area contributed by atoms with Crippen molar-refractivity contribution >= 4 is 46.7 Å². The van der Waals surface area contributed by atoms with Gasteiger partial charge in [-0.15, -0.1) is 0 Å². The summed E-state index contributed by atoms with van der Waals surface area (Å²) in [6.45, 7) is 0.150. The maximum Gasteiger partial charge on any atom is 0.316 e. The van der Waals surface area contributed by atoms with Gasteiger partial charge in [0.2, 0.25) is 17.7 Å². The molecule has 7 nitrogen and oxygen atoms in total. The van der Waals surface area contributed by atoms with Crippen LogP contribution < -0.4 is 14.5 Å². The number of hydrogen-bond acceptors (Lipinski definition) is 5. The summed E-state index contributed by atoms with van der Waals surface area (Å²) in [6.07, 6.45) is 0.0000988. The third kappa shape index (κ3) is 3.81. The summed E-state index contributed by atoms with van der Waals surface area (Å²) in [5, 5.41) is 0.428. The molecule has 0 aromatic heterocycles. The maximum absolute atomic E-state index is 14.1. The van der Waals surface area contributed by atoms with Gasteiger partial charge in [-0.2, -0.15) is 0 Å². The quantitative estimate of drug-likeness (QED) is 0.174. The van der Waals surface area contributed by atoms with E-state index in [1.54, 1.807) is 48.5 Å². The zero-order valence-electron chi connectivity index (χ0n) is 22.9. The van der Waals surface area contributed by atoms with Crippen molar-refractivity contribution in [3.63, 3.8) is 0 Å². The van der Waals surface area contributed by atoms with Gasteiger partial charge in [0.25, 0.3) is 0 Å². The number of anilines is 2. The largest absolute Gasteiger partial charge is 0.426 e. The van der Waals surface area contributed by atoms with Gasteiger partial charge in [0.05, 0.1) is 34.2 Å². The number of rotatable bonds is 4. The molecule has 3 atom stereocenters. The van der Waals surface area contributed by atoms with E-state index in [0.29, 0.717) is 16.4 Å². The number of benzene rings is 4. The number of amides is 3. The van der Waals surface area contributed by atoms with Crippen LogP contribution in [-0.4, -0.2) is 30.2 Å². The highest BCUT2D eigenvalue weighted by Crippen LogP contribution is 2.61. The SMILES string of the molecule is O=C(Oc1cccc(N2C(=O)[C@@H]3C4c5ccccc5C(c5ccccc54)[C@@H]3C2=O)c1)[C@H]1CC(=O)N(c2ccccc2Cl)C1. The molecule has 9 rings (SSSR count). The Bertz CT molecular complexity index is 1750. The molecule has 4 aromatic carbocycles. The molecule has 2 heterocycles. The molecule has 2 bridgehead atoms. The number of esters is 1. The fourth-order valence-electron chi connectivity index (χ4n) is 7.59. The third-order valence-corrected chi connectivity index (χ3v) is 9.66. The molecule has 3 aliphatic carbocycles. The van der Waals surface area contributed by atoms with Crippen molar-refractivity contribution < 1.29 is 23.9 Å². The van der Waals surface area contributed by atoms with E-state index in [1.807, 2.05) is 24.3 Å². The molecule has 0 unspecified atom stereocenters. The molecule has 0 saturated carbocycles. The third-order valence-electron chi connectivity index (χ3n) is 9.34. The molecular formula is C35H25ClN2O5. The van der Waals surface area contributed by atoms with E-state index in [-0.39, 0.29) is 48.3 Å². The van der Waals surface area contributed by atoms with Crippen LogP contribution in [0.3, 0.4) is 0 Å². The van der Waals surface area contributed by atoms with E-state index in [0.717, 1.165) is 22.3 Å². The van der Waals surface area contributed by atoms with E-state index in [4.69, 9.17) is 16.3 Å². The molecule has 212 valence electrons. The van der Waals surface area contributed by atoms with Gasteiger partial charge in [-0.25, -0.2) is 4.90 Å². The first-order valence-electron chi connectivity index (χ1n) is 14.3. The van der Waals surface area contributed by atoms with Gasteiger partial charge in [-0.05, 0) is 46.5 Å². The van der Waals surface area contributed by atoms with E-state index < -0.39 is 23.7 Å². The second-order valence-electron chi connectivity index (χ2n) is 11.6.